The van der Waals surface area contributed by atoms with Crippen molar-refractivity contribution in [2.75, 3.05) is 29.7 Å². The van der Waals surface area contributed by atoms with Crippen LogP contribution in [0.2, 0.25) is 0 Å². The normalized spacial score (nSPS) is 21.3. The molecule has 1 aromatic carbocycles. The minimum absolute atomic E-state index is 0.0142. The number of carbonyl (C=O) groups excluding carboxylic acids is 1. The van der Waals surface area contributed by atoms with Gasteiger partial charge in [0.2, 0.25) is 10.0 Å². The van der Waals surface area contributed by atoms with Crippen LogP contribution in [0.3, 0.4) is 0 Å². The Morgan fingerprint density at radius 1 is 1.00 bits per heavy atom. The van der Waals surface area contributed by atoms with Gasteiger partial charge in [-0.25, -0.2) is 8.42 Å². The number of benzene rings is 1. The van der Waals surface area contributed by atoms with E-state index in [0.29, 0.717) is 24.2 Å². The van der Waals surface area contributed by atoms with Crippen LogP contribution in [0.5, 0.6) is 0 Å². The van der Waals surface area contributed by atoms with E-state index >= 15 is 0 Å². The molecule has 0 saturated carbocycles. The second kappa shape index (κ2) is 6.51. The Labute approximate surface area is 138 Å². The Kier molecular flexibility index (Phi) is 4.62. The van der Waals surface area contributed by atoms with Gasteiger partial charge in [-0.2, -0.15) is 0 Å². The number of hydrogen-bond acceptors (Lipinski definition) is 3. The molecule has 2 saturated heterocycles. The minimum Gasteiger partial charge on any atom is -0.339 e. The molecular formula is C17H24N2O3S. The molecule has 0 unspecified atom stereocenters. The minimum atomic E-state index is -3.26. The Bertz CT molecular complexity index is 694. The van der Waals surface area contributed by atoms with Gasteiger partial charge in [-0.3, -0.25) is 9.10 Å². The molecule has 0 N–H and O–H groups in total. The molecule has 23 heavy (non-hydrogen) atoms. The van der Waals surface area contributed by atoms with E-state index in [0.717, 1.165) is 37.9 Å². The van der Waals surface area contributed by atoms with Crippen molar-refractivity contribution in [3.63, 3.8) is 0 Å². The number of carbonyl (C=O) groups is 1. The predicted octanol–water partition coefficient (Wildman–Crippen LogP) is 2.55. The lowest BCUT2D eigenvalue weighted by Crippen LogP contribution is -2.39. The lowest BCUT2D eigenvalue weighted by atomic mass is 10.1. The third-order valence-corrected chi connectivity index (χ3v) is 6.57. The zero-order valence-corrected chi connectivity index (χ0v) is 14.4. The standard InChI is InChI=1S/C17H24N2O3S/c1-14-7-8-15(17(20)18-9-3-2-4-10-18)13-16(14)19-11-5-6-12-23(19,21)22/h7-8,13H,2-6,9-12H2,1H3. The SMILES string of the molecule is Cc1ccc(C(=O)N2CCCCC2)cc1N1CCCCS1(=O)=O. The summed E-state index contributed by atoms with van der Waals surface area (Å²) in [5, 5.41) is 0. The van der Waals surface area contributed by atoms with Crippen LogP contribution in [0.15, 0.2) is 18.2 Å². The first-order valence-electron chi connectivity index (χ1n) is 8.39. The molecule has 0 radical (unpaired) electrons. The fourth-order valence-electron chi connectivity index (χ4n) is 3.35. The van der Waals surface area contributed by atoms with Crippen LogP contribution in [0.25, 0.3) is 0 Å². The summed E-state index contributed by atoms with van der Waals surface area (Å²) in [5.41, 5.74) is 2.14. The number of aryl methyl sites for hydroxylation is 1. The van der Waals surface area contributed by atoms with E-state index < -0.39 is 10.0 Å². The van der Waals surface area contributed by atoms with Gasteiger partial charge in [0.15, 0.2) is 0 Å². The number of hydrogen-bond donors (Lipinski definition) is 0. The van der Waals surface area contributed by atoms with E-state index in [9.17, 15) is 13.2 Å². The van der Waals surface area contributed by atoms with Gasteiger partial charge in [-0.1, -0.05) is 6.07 Å². The number of amides is 1. The second-order valence-corrected chi connectivity index (χ2v) is 8.46. The molecule has 2 aliphatic rings. The highest BCUT2D eigenvalue weighted by Gasteiger charge is 2.28. The lowest BCUT2D eigenvalue weighted by Gasteiger charge is -2.31. The van der Waals surface area contributed by atoms with Gasteiger partial charge in [-0.15, -0.1) is 0 Å². The Morgan fingerprint density at radius 2 is 1.70 bits per heavy atom. The first-order valence-corrected chi connectivity index (χ1v) is 10.0. The highest BCUT2D eigenvalue weighted by Crippen LogP contribution is 2.28. The summed E-state index contributed by atoms with van der Waals surface area (Å²) in [4.78, 5) is 14.5. The number of nitrogens with zero attached hydrogens (tertiary/aromatic N) is 2. The first kappa shape index (κ1) is 16.3. The third kappa shape index (κ3) is 3.37. The van der Waals surface area contributed by atoms with E-state index in [1.54, 1.807) is 6.07 Å². The summed E-state index contributed by atoms with van der Waals surface area (Å²) in [6.07, 6.45) is 4.85. The van der Waals surface area contributed by atoms with Gasteiger partial charge in [0.1, 0.15) is 0 Å². The highest BCUT2D eigenvalue weighted by molar-refractivity contribution is 7.92. The number of piperidine rings is 1. The average molecular weight is 336 g/mol. The third-order valence-electron chi connectivity index (χ3n) is 4.72. The van der Waals surface area contributed by atoms with Gasteiger partial charge in [-0.05, 0) is 56.7 Å². The number of likely N-dealkylation sites (tertiary alicyclic amines) is 1. The van der Waals surface area contributed by atoms with Crippen LogP contribution >= 0.6 is 0 Å². The van der Waals surface area contributed by atoms with Crippen molar-refractivity contribution < 1.29 is 13.2 Å². The molecule has 2 heterocycles. The maximum absolute atomic E-state index is 12.7. The number of rotatable bonds is 2. The summed E-state index contributed by atoms with van der Waals surface area (Å²) < 4.78 is 26.2. The molecule has 6 heteroatoms. The molecule has 5 nitrogen and oxygen atoms in total. The zero-order valence-electron chi connectivity index (χ0n) is 13.6. The predicted molar refractivity (Wildman–Crippen MR) is 91.3 cm³/mol. The first-order chi connectivity index (χ1) is 11.0. The molecule has 126 valence electrons. The Morgan fingerprint density at radius 3 is 2.39 bits per heavy atom. The average Bonchev–Trinajstić information content (AvgIpc) is 2.55. The molecule has 1 amide bonds. The molecule has 1 aromatic rings. The van der Waals surface area contributed by atoms with Crippen molar-refractivity contribution in [1.82, 2.24) is 4.90 Å². The summed E-state index contributed by atoms with van der Waals surface area (Å²) in [6, 6.07) is 5.43. The zero-order chi connectivity index (χ0) is 16.4. The van der Waals surface area contributed by atoms with Gasteiger partial charge >= 0.3 is 0 Å². The van der Waals surface area contributed by atoms with Gasteiger partial charge < -0.3 is 4.90 Å². The monoisotopic (exact) mass is 336 g/mol. The van der Waals surface area contributed by atoms with Crippen LogP contribution in [-0.2, 0) is 10.0 Å². The Balaban J connectivity index is 1.91. The molecule has 3 rings (SSSR count). The summed E-state index contributed by atoms with van der Waals surface area (Å²) >= 11 is 0. The molecular weight excluding hydrogens is 312 g/mol. The molecule has 0 atom stereocenters. The van der Waals surface area contributed by atoms with Crippen LogP contribution in [-0.4, -0.2) is 44.6 Å². The van der Waals surface area contributed by atoms with Crippen molar-refractivity contribution in [3.05, 3.63) is 29.3 Å². The van der Waals surface area contributed by atoms with E-state index in [-0.39, 0.29) is 11.7 Å². The molecule has 0 aliphatic carbocycles. The van der Waals surface area contributed by atoms with Crippen molar-refractivity contribution in [2.24, 2.45) is 0 Å². The maximum Gasteiger partial charge on any atom is 0.253 e. The second-order valence-electron chi connectivity index (χ2n) is 6.45. The number of anilines is 1. The largest absolute Gasteiger partial charge is 0.339 e. The molecule has 0 bridgehead atoms. The van der Waals surface area contributed by atoms with Crippen molar-refractivity contribution in [2.45, 2.75) is 39.0 Å². The molecule has 2 fully saturated rings. The molecule has 0 spiro atoms. The fraction of sp³-hybridized carbons (Fsp3) is 0.588. The van der Waals surface area contributed by atoms with Crippen LogP contribution < -0.4 is 4.31 Å². The van der Waals surface area contributed by atoms with E-state index in [4.69, 9.17) is 0 Å². The van der Waals surface area contributed by atoms with Crippen LogP contribution in [0.4, 0.5) is 5.69 Å². The Hall–Kier alpha value is -1.56. The van der Waals surface area contributed by atoms with Crippen molar-refractivity contribution in [1.29, 1.82) is 0 Å². The van der Waals surface area contributed by atoms with Crippen molar-refractivity contribution in [3.8, 4) is 0 Å². The van der Waals surface area contributed by atoms with Crippen LogP contribution in [0, 0.1) is 6.92 Å². The topological polar surface area (TPSA) is 57.7 Å². The van der Waals surface area contributed by atoms with Crippen molar-refractivity contribution >= 4 is 21.6 Å². The highest BCUT2D eigenvalue weighted by atomic mass is 32.2. The fourth-order valence-corrected chi connectivity index (χ4v) is 5.04. The summed E-state index contributed by atoms with van der Waals surface area (Å²) in [6.45, 7) is 3.99. The van der Waals surface area contributed by atoms with Crippen LogP contribution in [0.1, 0.15) is 48.0 Å². The number of sulfonamides is 1. The van der Waals surface area contributed by atoms with E-state index in [2.05, 4.69) is 0 Å². The lowest BCUT2D eigenvalue weighted by molar-refractivity contribution is 0.0724. The van der Waals surface area contributed by atoms with E-state index in [1.165, 1.54) is 10.7 Å². The van der Waals surface area contributed by atoms with Gasteiger partial charge in [0.05, 0.1) is 11.4 Å². The quantitative estimate of drug-likeness (QED) is 0.834. The summed E-state index contributed by atoms with van der Waals surface area (Å²) in [5.74, 6) is 0.205. The maximum atomic E-state index is 12.7. The smallest absolute Gasteiger partial charge is 0.253 e. The van der Waals surface area contributed by atoms with E-state index in [1.807, 2.05) is 24.0 Å². The van der Waals surface area contributed by atoms with Gasteiger partial charge in [0, 0.05) is 25.2 Å². The van der Waals surface area contributed by atoms with Gasteiger partial charge in [0.25, 0.3) is 5.91 Å². The summed E-state index contributed by atoms with van der Waals surface area (Å²) in [7, 11) is -3.26. The molecule has 0 aromatic heterocycles. The molecule has 2 aliphatic heterocycles.